The van der Waals surface area contributed by atoms with Crippen molar-refractivity contribution in [1.82, 2.24) is 19.5 Å². The third kappa shape index (κ3) is 7.32. The zero-order valence-corrected chi connectivity index (χ0v) is 34.7. The van der Waals surface area contributed by atoms with Crippen LogP contribution in [0.5, 0.6) is 0 Å². The van der Waals surface area contributed by atoms with Gasteiger partial charge in [0.1, 0.15) is 0 Å². The summed E-state index contributed by atoms with van der Waals surface area (Å²) in [5, 5.41) is 2.25. The number of rotatable bonds is 9. The van der Waals surface area contributed by atoms with Gasteiger partial charge in [-0.3, -0.25) is 4.57 Å². The first-order valence-electron chi connectivity index (χ1n) is 20.2. The molecule has 0 saturated heterocycles. The Hall–Kier alpha value is -7.33. The molecule has 0 radical (unpaired) electrons. The minimum Gasteiger partial charge on any atom is -0.343 e. The quantitative estimate of drug-likeness (QED) is 0.137. The van der Waals surface area contributed by atoms with Crippen LogP contribution in [0.4, 0.5) is 5.69 Å². The fraction of sp³-hybridized carbons (Fsp3) is 0.0926. The van der Waals surface area contributed by atoms with Gasteiger partial charge in [-0.1, -0.05) is 152 Å². The highest BCUT2D eigenvalue weighted by Gasteiger charge is 2.24. The number of aromatic nitrogens is 4. The van der Waals surface area contributed by atoms with Crippen molar-refractivity contribution in [3.05, 3.63) is 211 Å². The topological polar surface area (TPSA) is 46.8 Å². The monoisotopic (exact) mass is 793 g/mol. The number of fused-ring (bicyclic) bond motifs is 4. The number of nitrogens with zero attached hydrogens (tertiary/aromatic N) is 5. The van der Waals surface area contributed by atoms with Crippen molar-refractivity contribution in [3.63, 3.8) is 0 Å². The molecule has 290 valence electrons. The number of hydrogen-bond acceptors (Lipinski definition) is 5. The summed E-state index contributed by atoms with van der Waals surface area (Å²) in [7, 11) is 2.21. The predicted molar refractivity (Wildman–Crippen MR) is 253 cm³/mol. The lowest BCUT2D eigenvalue weighted by molar-refractivity contribution is 0.885. The van der Waals surface area contributed by atoms with Crippen LogP contribution in [0.3, 0.4) is 0 Å². The third-order valence-electron chi connectivity index (χ3n) is 11.0. The highest BCUT2D eigenvalue weighted by molar-refractivity contribution is 7.20. The molecule has 8 aromatic rings. The van der Waals surface area contributed by atoms with Gasteiger partial charge < -0.3 is 4.90 Å². The van der Waals surface area contributed by atoms with Crippen molar-refractivity contribution < 1.29 is 0 Å². The van der Waals surface area contributed by atoms with Crippen LogP contribution < -0.4 is 4.90 Å². The van der Waals surface area contributed by atoms with Crippen LogP contribution in [0.1, 0.15) is 35.3 Å². The van der Waals surface area contributed by atoms with Gasteiger partial charge in [0.05, 0.1) is 21.5 Å². The predicted octanol–water partition coefficient (Wildman–Crippen LogP) is 13.6. The van der Waals surface area contributed by atoms with Gasteiger partial charge in [-0.05, 0) is 90.7 Å². The van der Waals surface area contributed by atoms with Crippen LogP contribution in [-0.2, 0) is 6.42 Å². The molecule has 1 aliphatic rings. The average molecular weight is 794 g/mol. The van der Waals surface area contributed by atoms with E-state index in [4.69, 9.17) is 15.0 Å². The van der Waals surface area contributed by atoms with Gasteiger partial charge in [0, 0.05) is 39.8 Å². The Balaban J connectivity index is 1.24. The second-order valence-electron chi connectivity index (χ2n) is 14.7. The molecule has 0 fully saturated rings. The summed E-state index contributed by atoms with van der Waals surface area (Å²) in [4.78, 5) is 19.0. The molecule has 5 nitrogen and oxygen atoms in total. The molecule has 1 aliphatic carbocycles. The van der Waals surface area contributed by atoms with Gasteiger partial charge in [0.2, 0.25) is 5.95 Å². The molecular weight excluding hydrogens is 751 g/mol. The molecule has 3 heterocycles. The van der Waals surface area contributed by atoms with E-state index < -0.39 is 0 Å². The van der Waals surface area contributed by atoms with Gasteiger partial charge in [0.15, 0.2) is 11.6 Å². The number of allylic oxidation sites excluding steroid dienone is 6. The lowest BCUT2D eigenvalue weighted by Crippen LogP contribution is -2.18. The highest BCUT2D eigenvalue weighted by Crippen LogP contribution is 2.44. The van der Waals surface area contributed by atoms with Crippen LogP contribution in [0.25, 0.3) is 71.8 Å². The fourth-order valence-corrected chi connectivity index (χ4v) is 9.35. The Morgan fingerprint density at radius 1 is 0.800 bits per heavy atom. The summed E-state index contributed by atoms with van der Waals surface area (Å²) in [6, 6.07) is 55.5. The summed E-state index contributed by atoms with van der Waals surface area (Å²) < 4.78 is 3.44. The Morgan fingerprint density at radius 3 is 2.38 bits per heavy atom. The van der Waals surface area contributed by atoms with E-state index in [1.54, 1.807) is 6.08 Å². The van der Waals surface area contributed by atoms with Crippen molar-refractivity contribution in [2.75, 3.05) is 11.9 Å². The summed E-state index contributed by atoms with van der Waals surface area (Å²) >= 11 is 1.89. The molecule has 0 amide bonds. The van der Waals surface area contributed by atoms with E-state index in [0.29, 0.717) is 17.6 Å². The number of thiophene rings is 1. The van der Waals surface area contributed by atoms with Crippen molar-refractivity contribution >= 4 is 49.3 Å². The molecule has 0 aliphatic heterocycles. The lowest BCUT2D eigenvalue weighted by atomic mass is 9.94. The molecule has 5 aromatic carbocycles. The van der Waals surface area contributed by atoms with E-state index in [-0.39, 0.29) is 0 Å². The molecule has 0 saturated carbocycles. The van der Waals surface area contributed by atoms with E-state index in [0.717, 1.165) is 68.5 Å². The number of aryl methyl sites for hydroxylation is 2. The molecule has 0 bridgehead atoms. The summed E-state index contributed by atoms with van der Waals surface area (Å²) in [5.74, 6) is 1.64. The van der Waals surface area contributed by atoms with Gasteiger partial charge in [-0.2, -0.15) is 9.97 Å². The fourth-order valence-electron chi connectivity index (χ4n) is 8.02. The molecule has 0 spiro atoms. The Morgan fingerprint density at radius 2 is 1.58 bits per heavy atom. The van der Waals surface area contributed by atoms with Crippen molar-refractivity contribution in [1.29, 1.82) is 0 Å². The largest absolute Gasteiger partial charge is 0.343 e. The Bertz CT molecular complexity index is 3040. The van der Waals surface area contributed by atoms with Crippen LogP contribution in [0.15, 0.2) is 176 Å². The first-order chi connectivity index (χ1) is 29.5. The Labute approximate surface area is 356 Å². The van der Waals surface area contributed by atoms with Crippen LogP contribution in [-0.4, -0.2) is 26.6 Å². The minimum absolute atomic E-state index is 0.498. The van der Waals surface area contributed by atoms with E-state index in [1.807, 2.05) is 79.0 Å². The highest BCUT2D eigenvalue weighted by atomic mass is 32.1. The van der Waals surface area contributed by atoms with Gasteiger partial charge in [-0.25, -0.2) is 4.98 Å². The van der Waals surface area contributed by atoms with E-state index in [2.05, 4.69) is 145 Å². The third-order valence-corrected chi connectivity index (χ3v) is 12.2. The van der Waals surface area contributed by atoms with E-state index in [1.165, 1.54) is 26.2 Å². The average Bonchev–Trinajstić information content (AvgIpc) is 3.71. The minimum atomic E-state index is 0.498. The maximum absolute atomic E-state index is 5.15. The van der Waals surface area contributed by atoms with Crippen LogP contribution in [0, 0.1) is 19.1 Å². The first kappa shape index (κ1) is 38.2. The second kappa shape index (κ2) is 16.9. The molecule has 9 rings (SSSR count). The zero-order chi connectivity index (χ0) is 41.0. The maximum Gasteiger partial charge on any atom is 0.238 e. The first-order valence-corrected chi connectivity index (χ1v) is 21.0. The number of hydrogen-bond donors (Lipinski definition) is 0. The summed E-state index contributed by atoms with van der Waals surface area (Å²) in [6.07, 6.45) is 12.1. The molecule has 0 N–H and O–H groups in total. The van der Waals surface area contributed by atoms with E-state index >= 15 is 0 Å². The number of benzene rings is 5. The van der Waals surface area contributed by atoms with Crippen LogP contribution >= 0.6 is 11.3 Å². The standard InChI is InChI=1S/C54H43N5S/c1-5-7-22-38(6-2)52-55-53(40-25-14-10-15-26-40)57-54(56-52)59-37(3)21-11-8-16-27-43-42(29-19-31-48(43)59)41-34-35-47(46(36-41)39-23-12-9-13-24-39)58(4)49-32-20-30-45-44-28-17-18-33-50(44)60-51(45)49/h5-15,17-19,21-26,28-29,31-36H,1,20,30H2,2-4H3/b11-8?,22-7-,37-21?,38-6+. The van der Waals surface area contributed by atoms with Gasteiger partial charge >= 0.3 is 0 Å². The number of anilines is 1. The molecule has 60 heavy (non-hydrogen) atoms. The molecular formula is C54H43N5S. The lowest BCUT2D eigenvalue weighted by Gasteiger charge is -2.28. The summed E-state index contributed by atoms with van der Waals surface area (Å²) in [5.41, 5.74) is 11.8. The molecule has 0 atom stereocenters. The molecule has 6 heteroatoms. The normalized spacial score (nSPS) is 12.5. The Kier molecular flexibility index (Phi) is 10.7. The van der Waals surface area contributed by atoms with Crippen molar-refractivity contribution in [3.8, 4) is 39.6 Å². The molecule has 0 unspecified atom stereocenters. The summed E-state index contributed by atoms with van der Waals surface area (Å²) in [6.45, 7) is 7.94. The van der Waals surface area contributed by atoms with Gasteiger partial charge in [0.25, 0.3) is 0 Å². The maximum atomic E-state index is 5.15. The zero-order valence-electron chi connectivity index (χ0n) is 33.9. The smallest absolute Gasteiger partial charge is 0.238 e. The van der Waals surface area contributed by atoms with Crippen molar-refractivity contribution in [2.45, 2.75) is 26.7 Å². The van der Waals surface area contributed by atoms with Gasteiger partial charge in [-0.15, -0.1) is 11.3 Å². The second-order valence-corrected chi connectivity index (χ2v) is 15.7. The molecule has 3 aromatic heterocycles. The van der Waals surface area contributed by atoms with Crippen LogP contribution in [0.2, 0.25) is 0 Å². The van der Waals surface area contributed by atoms with Crippen molar-refractivity contribution in [2.24, 2.45) is 0 Å². The SMILES string of the molecule is C=C/C=C\C(=C/C)c1nc(-c2ccccc2)nc(-n2c(C)cccc#cc3c(-c4ccc(N(C)C5=CCCc6c5sc5ccccc65)c(-c5ccccc5)c4)cccc32)n1. The van der Waals surface area contributed by atoms with E-state index in [9.17, 15) is 0 Å².